The molecule has 0 saturated heterocycles. The summed E-state index contributed by atoms with van der Waals surface area (Å²) in [6.07, 6.45) is 4.44. The number of rotatable bonds is 6. The molecule has 7 nitrogen and oxygen atoms in total. The van der Waals surface area contributed by atoms with Gasteiger partial charge in [0.1, 0.15) is 5.76 Å². The number of carbonyl (C=O) groups excluding carboxylic acids is 2. The molecule has 0 bridgehead atoms. The highest BCUT2D eigenvalue weighted by molar-refractivity contribution is 5.81. The van der Waals surface area contributed by atoms with Gasteiger partial charge in [-0.15, -0.1) is 0 Å². The maximum atomic E-state index is 11.8. The van der Waals surface area contributed by atoms with Gasteiger partial charge in [0, 0.05) is 12.1 Å². The van der Waals surface area contributed by atoms with Crippen LogP contribution in [0.2, 0.25) is 0 Å². The minimum Gasteiger partial charge on any atom is -0.463 e. The SMILES string of the molecule is Cc1cc(OCC(=O)OCC(=O)N[C@H]2CCCC[C@H]2C)no1. The Bertz CT molecular complexity index is 514. The first kappa shape index (κ1) is 16.3. The van der Waals surface area contributed by atoms with E-state index in [1.165, 1.54) is 6.42 Å². The van der Waals surface area contributed by atoms with Crippen molar-refractivity contribution in [1.29, 1.82) is 0 Å². The summed E-state index contributed by atoms with van der Waals surface area (Å²) in [5, 5.41) is 6.50. The van der Waals surface area contributed by atoms with E-state index in [9.17, 15) is 9.59 Å². The fraction of sp³-hybridized carbons (Fsp3) is 0.667. The maximum absolute atomic E-state index is 11.8. The van der Waals surface area contributed by atoms with E-state index in [1.54, 1.807) is 13.0 Å². The number of aryl methyl sites for hydroxylation is 1. The molecule has 1 fully saturated rings. The quantitative estimate of drug-likeness (QED) is 0.803. The summed E-state index contributed by atoms with van der Waals surface area (Å²) in [5.41, 5.74) is 0. The Morgan fingerprint density at radius 1 is 1.36 bits per heavy atom. The molecule has 122 valence electrons. The highest BCUT2D eigenvalue weighted by Gasteiger charge is 2.23. The van der Waals surface area contributed by atoms with E-state index in [4.69, 9.17) is 14.0 Å². The zero-order valence-electron chi connectivity index (χ0n) is 13.0. The monoisotopic (exact) mass is 310 g/mol. The molecule has 1 aliphatic rings. The van der Waals surface area contributed by atoms with Crippen LogP contribution in [-0.4, -0.2) is 36.3 Å². The molecule has 2 rings (SSSR count). The van der Waals surface area contributed by atoms with E-state index in [-0.39, 0.29) is 31.0 Å². The smallest absolute Gasteiger partial charge is 0.344 e. The lowest BCUT2D eigenvalue weighted by molar-refractivity contribution is -0.150. The number of nitrogens with zero attached hydrogens (tertiary/aromatic N) is 1. The minimum absolute atomic E-state index is 0.175. The molecule has 1 saturated carbocycles. The van der Waals surface area contributed by atoms with Gasteiger partial charge in [0.2, 0.25) is 0 Å². The number of amides is 1. The molecule has 2 atom stereocenters. The molecule has 0 aromatic carbocycles. The van der Waals surface area contributed by atoms with Crippen molar-refractivity contribution in [3.63, 3.8) is 0 Å². The Morgan fingerprint density at radius 2 is 2.14 bits per heavy atom. The number of carbonyl (C=O) groups is 2. The molecule has 1 aliphatic carbocycles. The molecule has 0 spiro atoms. The summed E-state index contributed by atoms with van der Waals surface area (Å²) in [4.78, 5) is 23.3. The van der Waals surface area contributed by atoms with Crippen LogP contribution in [0, 0.1) is 12.8 Å². The molecule has 0 aliphatic heterocycles. The highest BCUT2D eigenvalue weighted by atomic mass is 16.6. The number of hydrogen-bond acceptors (Lipinski definition) is 6. The fourth-order valence-electron chi connectivity index (χ4n) is 2.51. The summed E-state index contributed by atoms with van der Waals surface area (Å²) < 4.78 is 14.7. The normalized spacial score (nSPS) is 21.2. The van der Waals surface area contributed by atoms with Crippen molar-refractivity contribution >= 4 is 11.9 Å². The van der Waals surface area contributed by atoms with Gasteiger partial charge in [-0.05, 0) is 30.8 Å². The first-order valence-corrected chi connectivity index (χ1v) is 7.55. The van der Waals surface area contributed by atoms with Crippen molar-refractivity contribution in [3.05, 3.63) is 11.8 Å². The van der Waals surface area contributed by atoms with Crippen LogP contribution in [0.4, 0.5) is 0 Å². The van der Waals surface area contributed by atoms with E-state index in [0.717, 1.165) is 19.3 Å². The minimum atomic E-state index is -0.618. The van der Waals surface area contributed by atoms with Crippen molar-refractivity contribution < 1.29 is 23.6 Å². The van der Waals surface area contributed by atoms with Crippen LogP contribution < -0.4 is 10.1 Å². The van der Waals surface area contributed by atoms with Crippen LogP contribution in [0.1, 0.15) is 38.4 Å². The van der Waals surface area contributed by atoms with Gasteiger partial charge in [-0.2, -0.15) is 0 Å². The first-order chi connectivity index (χ1) is 10.5. The lowest BCUT2D eigenvalue weighted by atomic mass is 9.86. The zero-order chi connectivity index (χ0) is 15.9. The van der Waals surface area contributed by atoms with Crippen molar-refractivity contribution in [1.82, 2.24) is 10.5 Å². The van der Waals surface area contributed by atoms with Gasteiger partial charge in [0.25, 0.3) is 11.8 Å². The van der Waals surface area contributed by atoms with Crippen LogP contribution in [0.25, 0.3) is 0 Å². The summed E-state index contributed by atoms with van der Waals surface area (Å²) in [5.74, 6) is 0.378. The molecular weight excluding hydrogens is 288 g/mol. The van der Waals surface area contributed by atoms with Gasteiger partial charge in [-0.3, -0.25) is 4.79 Å². The molecule has 1 N–H and O–H groups in total. The van der Waals surface area contributed by atoms with E-state index >= 15 is 0 Å². The second-order valence-electron chi connectivity index (χ2n) is 5.66. The zero-order valence-corrected chi connectivity index (χ0v) is 13.0. The van der Waals surface area contributed by atoms with Gasteiger partial charge in [0.15, 0.2) is 13.2 Å². The van der Waals surface area contributed by atoms with Crippen LogP contribution in [0.5, 0.6) is 5.88 Å². The Morgan fingerprint density at radius 3 is 2.82 bits per heavy atom. The molecule has 22 heavy (non-hydrogen) atoms. The summed E-state index contributed by atoms with van der Waals surface area (Å²) >= 11 is 0. The summed E-state index contributed by atoms with van der Waals surface area (Å²) in [7, 11) is 0. The average molecular weight is 310 g/mol. The van der Waals surface area contributed by atoms with Gasteiger partial charge in [0.05, 0.1) is 0 Å². The van der Waals surface area contributed by atoms with Crippen LogP contribution in [-0.2, 0) is 14.3 Å². The molecule has 1 heterocycles. The van der Waals surface area contributed by atoms with Gasteiger partial charge in [-0.25, -0.2) is 4.79 Å². The Hall–Kier alpha value is -2.05. The molecule has 0 unspecified atom stereocenters. The number of esters is 1. The first-order valence-electron chi connectivity index (χ1n) is 7.55. The third-order valence-electron chi connectivity index (χ3n) is 3.77. The predicted octanol–water partition coefficient (Wildman–Crippen LogP) is 1.60. The Kier molecular flexibility index (Phi) is 5.80. The topological polar surface area (TPSA) is 90.7 Å². The maximum Gasteiger partial charge on any atom is 0.344 e. The second-order valence-corrected chi connectivity index (χ2v) is 5.66. The van der Waals surface area contributed by atoms with Gasteiger partial charge < -0.3 is 19.3 Å². The van der Waals surface area contributed by atoms with Crippen LogP contribution in [0.3, 0.4) is 0 Å². The molecule has 7 heteroatoms. The fourth-order valence-corrected chi connectivity index (χ4v) is 2.51. The van der Waals surface area contributed by atoms with Crippen LogP contribution >= 0.6 is 0 Å². The molecule has 1 amide bonds. The lowest BCUT2D eigenvalue weighted by Gasteiger charge is -2.29. The predicted molar refractivity (Wildman–Crippen MR) is 77.3 cm³/mol. The van der Waals surface area contributed by atoms with E-state index in [0.29, 0.717) is 11.7 Å². The second kappa shape index (κ2) is 7.82. The van der Waals surface area contributed by atoms with Crippen molar-refractivity contribution in [3.8, 4) is 5.88 Å². The van der Waals surface area contributed by atoms with E-state index in [2.05, 4.69) is 17.4 Å². The van der Waals surface area contributed by atoms with E-state index < -0.39 is 5.97 Å². The average Bonchev–Trinajstić information content (AvgIpc) is 2.91. The number of aromatic nitrogens is 1. The molecule has 1 aromatic heterocycles. The third-order valence-corrected chi connectivity index (χ3v) is 3.77. The number of nitrogens with one attached hydrogen (secondary N) is 1. The standard InChI is InChI=1S/C15H22N2O5/c1-10-5-3-4-6-12(10)16-13(18)8-21-15(19)9-20-14-7-11(2)22-17-14/h7,10,12H,3-6,8-9H2,1-2H3,(H,16,18)/t10-,12+/m1/s1. The van der Waals surface area contributed by atoms with Gasteiger partial charge in [-0.1, -0.05) is 19.8 Å². The highest BCUT2D eigenvalue weighted by Crippen LogP contribution is 2.23. The van der Waals surface area contributed by atoms with Crippen molar-refractivity contribution in [2.75, 3.05) is 13.2 Å². The third kappa shape index (κ3) is 5.05. The van der Waals surface area contributed by atoms with E-state index in [1.807, 2.05) is 0 Å². The van der Waals surface area contributed by atoms with Crippen molar-refractivity contribution in [2.45, 2.75) is 45.6 Å². The molecular formula is C15H22N2O5. The number of hydrogen-bond donors (Lipinski definition) is 1. The Labute approximate surface area is 129 Å². The Balaban J connectivity index is 1.63. The molecule has 1 aromatic rings. The van der Waals surface area contributed by atoms with Crippen LogP contribution in [0.15, 0.2) is 10.6 Å². The number of ether oxygens (including phenoxy) is 2. The summed E-state index contributed by atoms with van der Waals surface area (Å²) in [6, 6.07) is 1.74. The van der Waals surface area contributed by atoms with Crippen molar-refractivity contribution in [2.24, 2.45) is 5.92 Å². The molecule has 0 radical (unpaired) electrons. The lowest BCUT2D eigenvalue weighted by Crippen LogP contribution is -2.43. The largest absolute Gasteiger partial charge is 0.463 e. The van der Waals surface area contributed by atoms with Gasteiger partial charge >= 0.3 is 5.97 Å². The summed E-state index contributed by atoms with van der Waals surface area (Å²) in [6.45, 7) is 3.25.